The molecule has 5 rings (SSSR count). The lowest BCUT2D eigenvalue weighted by atomic mass is 9.78. The molecule has 1 N–H and O–H groups in total. The minimum Gasteiger partial charge on any atom is -0.357 e. The van der Waals surface area contributed by atoms with Crippen LogP contribution in [0.15, 0.2) is 84.1 Å². The predicted molar refractivity (Wildman–Crippen MR) is 133 cm³/mol. The summed E-state index contributed by atoms with van der Waals surface area (Å²) in [7, 11) is 0. The Kier molecular flexibility index (Phi) is 5.55. The zero-order valence-electron chi connectivity index (χ0n) is 18.6. The van der Waals surface area contributed by atoms with Crippen LogP contribution in [-0.4, -0.2) is 11.7 Å². The number of aryl methyl sites for hydroxylation is 1. The highest BCUT2D eigenvalue weighted by Crippen LogP contribution is 2.48. The molecule has 0 saturated heterocycles. The Hall–Kier alpha value is -3.37. The van der Waals surface area contributed by atoms with Crippen LogP contribution < -0.4 is 10.2 Å². The molecule has 166 valence electrons. The van der Waals surface area contributed by atoms with Gasteiger partial charge in [-0.05, 0) is 48.6 Å². The molecule has 0 fully saturated rings. The summed E-state index contributed by atoms with van der Waals surface area (Å²) in [5, 5.41) is 4.06. The van der Waals surface area contributed by atoms with Crippen molar-refractivity contribution < 1.29 is 9.59 Å². The van der Waals surface area contributed by atoms with Gasteiger partial charge in [-0.3, -0.25) is 14.5 Å². The number of para-hydroxylation sites is 2. The average molecular weight is 457 g/mol. The van der Waals surface area contributed by atoms with Crippen molar-refractivity contribution in [2.24, 2.45) is 0 Å². The topological polar surface area (TPSA) is 49.4 Å². The quantitative estimate of drug-likeness (QED) is 0.474. The summed E-state index contributed by atoms with van der Waals surface area (Å²) < 4.78 is 0. The summed E-state index contributed by atoms with van der Waals surface area (Å²) in [6.07, 6.45) is 1.08. The maximum Gasteiger partial charge on any atom is 0.224 e. The van der Waals surface area contributed by atoms with Crippen molar-refractivity contribution >= 4 is 34.7 Å². The van der Waals surface area contributed by atoms with Crippen LogP contribution in [0.25, 0.3) is 0 Å². The zero-order chi connectivity index (χ0) is 23.1. The molecule has 0 bridgehead atoms. The molecule has 2 aliphatic rings. The fraction of sp³-hybridized carbons (Fsp3) is 0.214. The lowest BCUT2D eigenvalue weighted by Gasteiger charge is -2.35. The molecule has 3 aromatic carbocycles. The van der Waals surface area contributed by atoms with Gasteiger partial charge in [-0.2, -0.15) is 0 Å². The van der Waals surface area contributed by atoms with Gasteiger partial charge in [-0.25, -0.2) is 0 Å². The molecule has 1 aliphatic carbocycles. The molecule has 3 aromatic rings. The van der Waals surface area contributed by atoms with E-state index in [1.807, 2.05) is 48.5 Å². The van der Waals surface area contributed by atoms with Crippen LogP contribution in [0.3, 0.4) is 0 Å². The Morgan fingerprint density at radius 3 is 2.39 bits per heavy atom. The number of ketones is 1. The minimum absolute atomic E-state index is 0.0401. The third kappa shape index (κ3) is 3.85. The molecule has 0 spiro atoms. The van der Waals surface area contributed by atoms with Crippen LogP contribution in [0.4, 0.5) is 11.4 Å². The fourth-order valence-corrected chi connectivity index (χ4v) is 5.24. The van der Waals surface area contributed by atoms with Gasteiger partial charge in [0.15, 0.2) is 5.78 Å². The minimum atomic E-state index is -0.589. The van der Waals surface area contributed by atoms with Crippen LogP contribution in [0.5, 0.6) is 0 Å². The summed E-state index contributed by atoms with van der Waals surface area (Å²) in [4.78, 5) is 28.5. The summed E-state index contributed by atoms with van der Waals surface area (Å²) in [5.74, 6) is -0.0260. The molecule has 0 unspecified atom stereocenters. The molecule has 33 heavy (non-hydrogen) atoms. The highest BCUT2D eigenvalue weighted by molar-refractivity contribution is 6.31. The van der Waals surface area contributed by atoms with Crippen molar-refractivity contribution in [3.05, 3.63) is 106 Å². The number of benzene rings is 3. The van der Waals surface area contributed by atoms with Crippen LogP contribution >= 0.6 is 11.6 Å². The number of amides is 1. The maximum atomic E-state index is 13.8. The Bertz CT molecular complexity index is 1280. The number of carbonyl (C=O) groups excluding carboxylic acids is 2. The average Bonchev–Trinajstić information content (AvgIpc) is 2.94. The summed E-state index contributed by atoms with van der Waals surface area (Å²) in [6, 6.07) is 23.0. The second-order valence-electron chi connectivity index (χ2n) is 8.79. The molecule has 1 heterocycles. The van der Waals surface area contributed by atoms with E-state index in [0.29, 0.717) is 23.4 Å². The SMILES string of the molecule is CC(=O)N1c2ccccc2NC2=C(C(=O)C[C@@H](c3ccc(C)cc3)C2)[C@H]1c1ccccc1Cl. The van der Waals surface area contributed by atoms with Gasteiger partial charge >= 0.3 is 0 Å². The van der Waals surface area contributed by atoms with Gasteiger partial charge in [-0.15, -0.1) is 0 Å². The van der Waals surface area contributed by atoms with Gasteiger partial charge in [0.2, 0.25) is 5.91 Å². The van der Waals surface area contributed by atoms with E-state index in [1.54, 1.807) is 4.90 Å². The van der Waals surface area contributed by atoms with Crippen molar-refractivity contribution in [1.82, 2.24) is 0 Å². The predicted octanol–water partition coefficient (Wildman–Crippen LogP) is 6.57. The number of allylic oxidation sites excluding steroid dienone is 1. The molecule has 2 atom stereocenters. The second-order valence-corrected chi connectivity index (χ2v) is 9.19. The number of anilines is 2. The van der Waals surface area contributed by atoms with E-state index in [0.717, 1.165) is 28.2 Å². The first-order valence-electron chi connectivity index (χ1n) is 11.2. The number of nitrogens with zero attached hydrogens (tertiary/aromatic N) is 1. The summed E-state index contributed by atoms with van der Waals surface area (Å²) in [6.45, 7) is 3.60. The first kappa shape index (κ1) is 21.5. The van der Waals surface area contributed by atoms with Crippen molar-refractivity contribution in [3.8, 4) is 0 Å². The largest absolute Gasteiger partial charge is 0.357 e. The van der Waals surface area contributed by atoms with Gasteiger partial charge in [-0.1, -0.05) is 71.8 Å². The number of carbonyl (C=O) groups is 2. The summed E-state index contributed by atoms with van der Waals surface area (Å²) in [5.41, 5.74) is 6.13. The van der Waals surface area contributed by atoms with E-state index in [9.17, 15) is 9.59 Å². The molecule has 1 aliphatic heterocycles. The Balaban J connectivity index is 1.71. The Morgan fingerprint density at radius 2 is 1.67 bits per heavy atom. The highest BCUT2D eigenvalue weighted by Gasteiger charge is 2.41. The molecular formula is C28H25ClN2O2. The van der Waals surface area contributed by atoms with E-state index in [1.165, 1.54) is 12.5 Å². The van der Waals surface area contributed by atoms with Gasteiger partial charge in [0.05, 0.1) is 17.4 Å². The number of hydrogen-bond acceptors (Lipinski definition) is 3. The molecule has 0 aromatic heterocycles. The fourth-order valence-electron chi connectivity index (χ4n) is 5.00. The van der Waals surface area contributed by atoms with Gasteiger partial charge in [0.25, 0.3) is 0 Å². The number of halogens is 1. The number of Topliss-reactive ketones (excluding diaryl/α,β-unsaturated/α-hetero) is 1. The number of hydrogen-bond donors (Lipinski definition) is 1. The third-order valence-electron chi connectivity index (χ3n) is 6.58. The van der Waals surface area contributed by atoms with Gasteiger partial charge in [0.1, 0.15) is 0 Å². The third-order valence-corrected chi connectivity index (χ3v) is 6.92. The highest BCUT2D eigenvalue weighted by atomic mass is 35.5. The van der Waals surface area contributed by atoms with Gasteiger partial charge in [0, 0.05) is 29.6 Å². The normalized spacial score (nSPS) is 20.0. The summed E-state index contributed by atoms with van der Waals surface area (Å²) >= 11 is 6.63. The molecule has 0 saturated carbocycles. The molecule has 5 heteroatoms. The first-order chi connectivity index (χ1) is 15.9. The van der Waals surface area contributed by atoms with E-state index >= 15 is 0 Å². The number of fused-ring (bicyclic) bond motifs is 1. The standard InChI is InChI=1S/C28H25ClN2O2/c1-17-11-13-19(14-12-17)20-15-24-27(26(33)16-20)28(21-7-3-4-8-22(21)29)31(18(2)32)25-10-6-5-9-23(25)30-24/h3-14,20,28,30H,15-16H2,1-2H3/t20-,28+/m0/s1. The van der Waals surface area contributed by atoms with Crippen LogP contribution in [-0.2, 0) is 9.59 Å². The van der Waals surface area contributed by atoms with Crippen LogP contribution in [0.2, 0.25) is 5.02 Å². The van der Waals surface area contributed by atoms with E-state index in [-0.39, 0.29) is 17.6 Å². The van der Waals surface area contributed by atoms with Crippen molar-refractivity contribution in [2.45, 2.75) is 38.6 Å². The first-order valence-corrected chi connectivity index (χ1v) is 11.5. The molecule has 4 nitrogen and oxygen atoms in total. The molecular weight excluding hydrogens is 432 g/mol. The zero-order valence-corrected chi connectivity index (χ0v) is 19.4. The number of nitrogens with one attached hydrogen (secondary N) is 1. The second kappa shape index (κ2) is 8.53. The lowest BCUT2D eigenvalue weighted by Crippen LogP contribution is -2.37. The smallest absolute Gasteiger partial charge is 0.224 e. The monoisotopic (exact) mass is 456 g/mol. The lowest BCUT2D eigenvalue weighted by molar-refractivity contribution is -0.117. The van der Waals surface area contributed by atoms with Gasteiger partial charge < -0.3 is 5.32 Å². The van der Waals surface area contributed by atoms with Crippen LogP contribution in [0.1, 0.15) is 48.4 Å². The number of rotatable bonds is 2. The van der Waals surface area contributed by atoms with Crippen molar-refractivity contribution in [3.63, 3.8) is 0 Å². The van der Waals surface area contributed by atoms with Crippen molar-refractivity contribution in [2.75, 3.05) is 10.2 Å². The Labute approximate surface area is 198 Å². The van der Waals surface area contributed by atoms with E-state index in [4.69, 9.17) is 11.6 Å². The van der Waals surface area contributed by atoms with Crippen LogP contribution in [0, 0.1) is 6.92 Å². The maximum absolute atomic E-state index is 13.8. The van der Waals surface area contributed by atoms with Crippen molar-refractivity contribution in [1.29, 1.82) is 0 Å². The van der Waals surface area contributed by atoms with E-state index in [2.05, 4.69) is 36.5 Å². The Morgan fingerprint density at radius 1 is 0.970 bits per heavy atom. The van der Waals surface area contributed by atoms with E-state index < -0.39 is 6.04 Å². The molecule has 1 amide bonds. The molecule has 0 radical (unpaired) electrons.